The molecule has 0 aliphatic rings. The van der Waals surface area contributed by atoms with Crippen LogP contribution in [0.5, 0.6) is 0 Å². The minimum absolute atomic E-state index is 0.0226. The van der Waals surface area contributed by atoms with Crippen molar-refractivity contribution in [2.24, 2.45) is 0 Å². The Morgan fingerprint density at radius 3 is 1.82 bits per heavy atom. The first-order valence-electron chi connectivity index (χ1n) is 8.75. The lowest BCUT2D eigenvalue weighted by molar-refractivity contribution is -0.137. The summed E-state index contributed by atoms with van der Waals surface area (Å²) in [5.41, 5.74) is 0.471. The van der Waals surface area contributed by atoms with Gasteiger partial charge in [0.2, 0.25) is 0 Å². The molecule has 0 saturated heterocycles. The van der Waals surface area contributed by atoms with Gasteiger partial charge >= 0.3 is 6.18 Å². The second-order valence-corrected chi connectivity index (χ2v) is 6.27. The predicted octanol–water partition coefficient (Wildman–Crippen LogP) is 6.20. The number of carbonyl (C=O) groups excluding carboxylic acids is 2. The molecule has 0 aliphatic heterocycles. The fraction of sp³-hybridized carbons (Fsp3) is 0.130. The summed E-state index contributed by atoms with van der Waals surface area (Å²) in [5.74, 6) is -0.364. The first-order chi connectivity index (χ1) is 13.4. The molecule has 2 nitrogen and oxygen atoms in total. The van der Waals surface area contributed by atoms with Gasteiger partial charge in [0, 0.05) is 29.5 Å². The van der Waals surface area contributed by atoms with Gasteiger partial charge in [0.25, 0.3) is 0 Å². The molecule has 142 valence electrons. The van der Waals surface area contributed by atoms with Crippen LogP contribution in [0.2, 0.25) is 0 Å². The molecule has 3 aromatic carbocycles. The highest BCUT2D eigenvalue weighted by atomic mass is 19.4. The molecular formula is C23H17F3O2. The maximum absolute atomic E-state index is 13.8. The van der Waals surface area contributed by atoms with Gasteiger partial charge in [0.05, 0.1) is 5.56 Å². The van der Waals surface area contributed by atoms with Crippen molar-refractivity contribution in [3.05, 3.63) is 83.9 Å². The molecule has 0 saturated carbocycles. The molecule has 0 aromatic heterocycles. The molecule has 0 spiro atoms. The fourth-order valence-electron chi connectivity index (χ4n) is 3.21. The van der Waals surface area contributed by atoms with E-state index in [9.17, 15) is 22.8 Å². The smallest absolute Gasteiger partial charge is 0.303 e. The van der Waals surface area contributed by atoms with Crippen molar-refractivity contribution in [1.29, 1.82) is 0 Å². The first-order valence-corrected chi connectivity index (χ1v) is 8.75. The van der Waals surface area contributed by atoms with Crippen LogP contribution in [0.4, 0.5) is 13.2 Å². The van der Waals surface area contributed by atoms with Crippen molar-refractivity contribution in [2.45, 2.75) is 19.0 Å². The number of aldehydes is 1. The Hall–Kier alpha value is -3.21. The first kappa shape index (κ1) is 19.5. The van der Waals surface area contributed by atoms with Crippen LogP contribution < -0.4 is 0 Å². The van der Waals surface area contributed by atoms with Gasteiger partial charge in [0.15, 0.2) is 5.78 Å². The lowest BCUT2D eigenvalue weighted by atomic mass is 9.85. The van der Waals surface area contributed by atoms with Crippen molar-refractivity contribution in [3.63, 3.8) is 0 Å². The lowest BCUT2D eigenvalue weighted by Gasteiger charge is -2.20. The maximum Gasteiger partial charge on any atom is 0.417 e. The van der Waals surface area contributed by atoms with Gasteiger partial charge in [-0.1, -0.05) is 66.7 Å². The summed E-state index contributed by atoms with van der Waals surface area (Å²) in [4.78, 5) is 23.4. The molecule has 3 rings (SSSR count). The van der Waals surface area contributed by atoms with Crippen molar-refractivity contribution in [2.75, 3.05) is 0 Å². The zero-order valence-electron chi connectivity index (χ0n) is 14.9. The summed E-state index contributed by atoms with van der Waals surface area (Å²) >= 11 is 0. The highest BCUT2D eigenvalue weighted by Crippen LogP contribution is 2.44. The number of ketones is 1. The fourth-order valence-corrected chi connectivity index (χ4v) is 3.21. The summed E-state index contributed by atoms with van der Waals surface area (Å²) in [5, 5.41) is 0. The average Bonchev–Trinajstić information content (AvgIpc) is 2.71. The number of halogens is 3. The van der Waals surface area contributed by atoms with Crippen LogP contribution in [0.3, 0.4) is 0 Å². The van der Waals surface area contributed by atoms with E-state index in [0.717, 1.165) is 6.07 Å². The van der Waals surface area contributed by atoms with E-state index >= 15 is 0 Å². The number of hydrogen-bond acceptors (Lipinski definition) is 2. The predicted molar refractivity (Wildman–Crippen MR) is 102 cm³/mol. The second kappa shape index (κ2) is 8.21. The van der Waals surface area contributed by atoms with Crippen molar-refractivity contribution in [3.8, 4) is 22.3 Å². The molecule has 0 N–H and O–H groups in total. The minimum atomic E-state index is -4.58. The summed E-state index contributed by atoms with van der Waals surface area (Å²) in [6, 6.07) is 18.9. The molecule has 5 heteroatoms. The summed E-state index contributed by atoms with van der Waals surface area (Å²) in [7, 11) is 0. The topological polar surface area (TPSA) is 34.1 Å². The molecule has 0 radical (unpaired) electrons. The maximum atomic E-state index is 13.8. The van der Waals surface area contributed by atoms with E-state index in [1.165, 1.54) is 6.07 Å². The quantitative estimate of drug-likeness (QED) is 0.376. The van der Waals surface area contributed by atoms with Gasteiger partial charge in [-0.05, 0) is 17.2 Å². The van der Waals surface area contributed by atoms with Crippen molar-refractivity contribution in [1.82, 2.24) is 0 Å². The average molecular weight is 382 g/mol. The molecule has 0 bridgehead atoms. The van der Waals surface area contributed by atoms with Crippen molar-refractivity contribution < 1.29 is 22.8 Å². The zero-order chi connectivity index (χ0) is 20.1. The van der Waals surface area contributed by atoms with Crippen LogP contribution >= 0.6 is 0 Å². The summed E-state index contributed by atoms with van der Waals surface area (Å²) in [6.45, 7) is 0. The molecular weight excluding hydrogens is 365 g/mol. The van der Waals surface area contributed by atoms with E-state index in [-0.39, 0.29) is 35.3 Å². The van der Waals surface area contributed by atoms with Crippen LogP contribution in [0, 0.1) is 0 Å². The van der Waals surface area contributed by atoms with E-state index in [1.54, 1.807) is 60.7 Å². The molecule has 0 fully saturated rings. The van der Waals surface area contributed by atoms with Gasteiger partial charge in [-0.25, -0.2) is 0 Å². The van der Waals surface area contributed by atoms with E-state index in [4.69, 9.17) is 0 Å². The van der Waals surface area contributed by atoms with Gasteiger partial charge in [0.1, 0.15) is 6.29 Å². The van der Waals surface area contributed by atoms with Gasteiger partial charge < -0.3 is 4.79 Å². The third-order valence-corrected chi connectivity index (χ3v) is 4.43. The van der Waals surface area contributed by atoms with Gasteiger partial charge in [-0.3, -0.25) is 4.79 Å². The number of hydrogen-bond donors (Lipinski definition) is 0. The van der Waals surface area contributed by atoms with Crippen LogP contribution in [-0.4, -0.2) is 12.1 Å². The molecule has 0 heterocycles. The molecule has 0 aliphatic carbocycles. The normalized spacial score (nSPS) is 11.2. The standard InChI is InChI=1S/C23H17F3O2/c24-23(25,26)19-14-13-18(20(28)12-7-15-27)21(16-8-3-1-4-9-16)22(19)17-10-5-2-6-11-17/h1-6,8-11,13-15H,7,12H2. The monoisotopic (exact) mass is 382 g/mol. The molecule has 3 aromatic rings. The third-order valence-electron chi connectivity index (χ3n) is 4.43. The summed E-state index contributed by atoms with van der Waals surface area (Å²) in [6.07, 6.45) is -3.99. The molecule has 0 atom stereocenters. The Bertz CT molecular complexity index is 978. The van der Waals surface area contributed by atoms with Gasteiger partial charge in [-0.2, -0.15) is 13.2 Å². The van der Waals surface area contributed by atoms with Crippen molar-refractivity contribution >= 4 is 12.1 Å². The molecule has 0 unspecified atom stereocenters. The number of Topliss-reactive ketones (excluding diaryl/α,β-unsaturated/α-hetero) is 1. The Balaban J connectivity index is 2.38. The molecule has 28 heavy (non-hydrogen) atoms. The SMILES string of the molecule is O=CCCC(=O)c1ccc(C(F)(F)F)c(-c2ccccc2)c1-c1ccccc1. The Morgan fingerprint density at radius 2 is 1.32 bits per heavy atom. The lowest BCUT2D eigenvalue weighted by Crippen LogP contribution is -2.11. The van der Waals surface area contributed by atoms with Crippen LogP contribution in [0.15, 0.2) is 72.8 Å². The number of benzene rings is 3. The van der Waals surface area contributed by atoms with Crippen LogP contribution in [0.25, 0.3) is 22.3 Å². The minimum Gasteiger partial charge on any atom is -0.303 e. The van der Waals surface area contributed by atoms with Crippen LogP contribution in [-0.2, 0) is 11.0 Å². The Kier molecular flexibility index (Phi) is 5.73. The van der Waals surface area contributed by atoms with Crippen LogP contribution in [0.1, 0.15) is 28.8 Å². The summed E-state index contributed by atoms with van der Waals surface area (Å²) < 4.78 is 41.5. The van der Waals surface area contributed by atoms with E-state index < -0.39 is 11.7 Å². The highest BCUT2D eigenvalue weighted by Gasteiger charge is 2.36. The number of alkyl halides is 3. The second-order valence-electron chi connectivity index (χ2n) is 6.27. The third kappa shape index (κ3) is 4.03. The molecule has 0 amide bonds. The van der Waals surface area contributed by atoms with E-state index in [1.807, 2.05) is 0 Å². The van der Waals surface area contributed by atoms with E-state index in [2.05, 4.69) is 0 Å². The Morgan fingerprint density at radius 1 is 0.786 bits per heavy atom. The van der Waals surface area contributed by atoms with E-state index in [0.29, 0.717) is 17.4 Å². The largest absolute Gasteiger partial charge is 0.417 e. The number of carbonyl (C=O) groups is 2. The highest BCUT2D eigenvalue weighted by molar-refractivity contribution is 6.07. The number of rotatable bonds is 6. The zero-order valence-corrected chi connectivity index (χ0v) is 14.9. The Labute approximate surface area is 160 Å². The van der Waals surface area contributed by atoms with Gasteiger partial charge in [-0.15, -0.1) is 0 Å².